The molecule has 2 aromatic carbocycles. The molecule has 9 heteroatoms. The summed E-state index contributed by atoms with van der Waals surface area (Å²) in [7, 11) is 4.55. The van der Waals surface area contributed by atoms with Crippen molar-refractivity contribution in [3.8, 4) is 17.2 Å². The number of rotatable bonds is 8. The molecule has 2 aromatic rings. The topological polar surface area (TPSA) is 60.0 Å². The number of carbonyl (C=O) groups excluding carboxylic acids is 1. The van der Waals surface area contributed by atoms with Crippen LogP contribution in [0.3, 0.4) is 0 Å². The van der Waals surface area contributed by atoms with Crippen LogP contribution in [0.2, 0.25) is 0 Å². The fraction of sp³-hybridized carbons (Fsp3) is 0.316. The van der Waals surface area contributed by atoms with Gasteiger partial charge in [-0.25, -0.2) is 4.79 Å². The highest BCUT2D eigenvalue weighted by atomic mass is 79.9. The molecule has 0 atom stereocenters. The number of carbonyl (C=O) groups is 1. The normalized spacial score (nSPS) is 10.5. The Morgan fingerprint density at radius 1 is 1.11 bits per heavy atom. The average molecular weight is 459 g/mol. The average Bonchev–Trinajstić information content (AvgIpc) is 2.66. The first kappa shape index (κ1) is 21.7. The second-order valence-corrected chi connectivity index (χ2v) is 6.75. The van der Waals surface area contributed by atoms with Gasteiger partial charge in [0.2, 0.25) is 0 Å². The van der Waals surface area contributed by atoms with Crippen LogP contribution in [0.25, 0.3) is 0 Å². The third-order valence-electron chi connectivity index (χ3n) is 3.88. The largest absolute Gasteiger partial charge is 0.496 e. The molecule has 0 fully saturated rings. The van der Waals surface area contributed by atoms with Crippen LogP contribution < -0.4 is 19.5 Å². The van der Waals surface area contributed by atoms with E-state index >= 15 is 0 Å². The first-order valence-electron chi connectivity index (χ1n) is 8.27. The zero-order valence-corrected chi connectivity index (χ0v) is 17.3. The molecule has 0 aromatic heterocycles. The second-order valence-electron chi connectivity index (χ2n) is 5.83. The van der Waals surface area contributed by atoms with Crippen LogP contribution in [0.15, 0.2) is 40.9 Å². The molecule has 152 valence electrons. The number of hydrogen-bond donors (Lipinski definition) is 1. The minimum Gasteiger partial charge on any atom is -0.496 e. The van der Waals surface area contributed by atoms with Gasteiger partial charge < -0.3 is 24.4 Å². The number of nitrogens with one attached hydrogen (secondary N) is 1. The number of nitrogens with zero attached hydrogens (tertiary/aromatic N) is 1. The predicted molar refractivity (Wildman–Crippen MR) is 104 cm³/mol. The first-order valence-corrected chi connectivity index (χ1v) is 9.06. The van der Waals surface area contributed by atoms with E-state index in [0.717, 1.165) is 10.0 Å². The number of hydrogen-bond acceptors (Lipinski definition) is 4. The fourth-order valence-corrected chi connectivity index (χ4v) is 2.95. The van der Waals surface area contributed by atoms with E-state index in [9.17, 15) is 13.6 Å². The van der Waals surface area contributed by atoms with E-state index < -0.39 is 6.61 Å². The van der Waals surface area contributed by atoms with Gasteiger partial charge in [0, 0.05) is 30.2 Å². The molecule has 0 radical (unpaired) electrons. The van der Waals surface area contributed by atoms with Crippen LogP contribution in [-0.2, 0) is 13.1 Å². The molecule has 2 amide bonds. The van der Waals surface area contributed by atoms with Crippen LogP contribution in [0.1, 0.15) is 11.1 Å². The molecular weight excluding hydrogens is 438 g/mol. The van der Waals surface area contributed by atoms with Crippen LogP contribution in [-0.4, -0.2) is 38.8 Å². The Morgan fingerprint density at radius 2 is 1.79 bits per heavy atom. The minimum atomic E-state index is -2.94. The lowest BCUT2D eigenvalue weighted by atomic mass is 10.2. The summed E-state index contributed by atoms with van der Waals surface area (Å²) in [5.74, 6) is 0.783. The highest BCUT2D eigenvalue weighted by Gasteiger charge is 2.14. The smallest absolute Gasteiger partial charge is 0.387 e. The molecule has 6 nitrogen and oxygen atoms in total. The van der Waals surface area contributed by atoms with E-state index in [-0.39, 0.29) is 30.6 Å². The van der Waals surface area contributed by atoms with Gasteiger partial charge in [-0.1, -0.05) is 22.0 Å². The van der Waals surface area contributed by atoms with Gasteiger partial charge in [0.25, 0.3) is 0 Å². The van der Waals surface area contributed by atoms with Gasteiger partial charge in [-0.2, -0.15) is 8.78 Å². The molecular formula is C19H21BrF2N2O4. The van der Waals surface area contributed by atoms with Crippen molar-refractivity contribution in [2.24, 2.45) is 0 Å². The van der Waals surface area contributed by atoms with Gasteiger partial charge in [-0.3, -0.25) is 0 Å². The van der Waals surface area contributed by atoms with E-state index in [0.29, 0.717) is 11.3 Å². The quantitative estimate of drug-likeness (QED) is 0.636. The third kappa shape index (κ3) is 5.98. The number of urea groups is 1. The lowest BCUT2D eigenvalue weighted by Crippen LogP contribution is -2.36. The molecule has 0 saturated carbocycles. The van der Waals surface area contributed by atoms with Crippen LogP contribution in [0.4, 0.5) is 13.6 Å². The summed E-state index contributed by atoms with van der Waals surface area (Å²) in [6.45, 7) is -2.40. The van der Waals surface area contributed by atoms with E-state index in [1.807, 2.05) is 18.2 Å². The zero-order chi connectivity index (χ0) is 20.7. The Bertz CT molecular complexity index is 821. The van der Waals surface area contributed by atoms with E-state index in [1.54, 1.807) is 26.3 Å². The van der Waals surface area contributed by atoms with E-state index in [4.69, 9.17) is 9.47 Å². The molecule has 0 heterocycles. The van der Waals surface area contributed by atoms with Crippen molar-refractivity contribution in [1.82, 2.24) is 10.2 Å². The van der Waals surface area contributed by atoms with Gasteiger partial charge in [0.05, 0.1) is 14.2 Å². The van der Waals surface area contributed by atoms with Crippen LogP contribution in [0, 0.1) is 0 Å². The van der Waals surface area contributed by atoms with Crippen molar-refractivity contribution >= 4 is 22.0 Å². The third-order valence-corrected chi connectivity index (χ3v) is 4.38. The standard InChI is InChI=1S/C19H21BrF2N2O4/c1-24(11-12-4-6-16(28-18(21)22)17(8-12)27-3)19(25)23-10-13-9-14(20)5-7-15(13)26-2/h4-9,18H,10-11H2,1-3H3,(H,23,25). The lowest BCUT2D eigenvalue weighted by Gasteiger charge is -2.19. The molecule has 0 aliphatic carbocycles. The van der Waals surface area contributed by atoms with Crippen molar-refractivity contribution in [3.63, 3.8) is 0 Å². The van der Waals surface area contributed by atoms with Crippen molar-refractivity contribution < 1.29 is 27.8 Å². The first-order chi connectivity index (χ1) is 13.3. The fourth-order valence-electron chi connectivity index (χ4n) is 2.54. The summed E-state index contributed by atoms with van der Waals surface area (Å²) in [4.78, 5) is 13.8. The molecule has 0 unspecified atom stereocenters. The summed E-state index contributed by atoms with van der Waals surface area (Å²) in [5, 5.41) is 2.82. The second kappa shape index (κ2) is 10.1. The lowest BCUT2D eigenvalue weighted by molar-refractivity contribution is -0.0512. The van der Waals surface area contributed by atoms with Crippen molar-refractivity contribution in [2.45, 2.75) is 19.7 Å². The maximum atomic E-state index is 12.4. The van der Waals surface area contributed by atoms with Crippen LogP contribution in [0.5, 0.6) is 17.2 Å². The van der Waals surface area contributed by atoms with Gasteiger partial charge in [0.1, 0.15) is 5.75 Å². The maximum absolute atomic E-state index is 12.4. The summed E-state index contributed by atoms with van der Waals surface area (Å²) in [5.41, 5.74) is 1.53. The van der Waals surface area contributed by atoms with Gasteiger partial charge >= 0.3 is 12.6 Å². The van der Waals surface area contributed by atoms with Crippen LogP contribution >= 0.6 is 15.9 Å². The maximum Gasteiger partial charge on any atom is 0.387 e. The number of alkyl halides is 2. The molecule has 0 spiro atoms. The molecule has 0 aliphatic heterocycles. The number of benzene rings is 2. The molecule has 1 N–H and O–H groups in total. The Morgan fingerprint density at radius 3 is 2.43 bits per heavy atom. The Hall–Kier alpha value is -2.55. The molecule has 2 rings (SSSR count). The Labute approximate surface area is 170 Å². The SMILES string of the molecule is COc1ccc(Br)cc1CNC(=O)N(C)Cc1ccc(OC(F)F)c(OC)c1. The number of amides is 2. The number of halogens is 3. The summed E-state index contributed by atoms with van der Waals surface area (Å²) >= 11 is 3.39. The Kier molecular flexibility index (Phi) is 7.86. The summed E-state index contributed by atoms with van der Waals surface area (Å²) < 4.78 is 40.5. The highest BCUT2D eigenvalue weighted by molar-refractivity contribution is 9.10. The van der Waals surface area contributed by atoms with Gasteiger partial charge in [0.15, 0.2) is 11.5 Å². The molecule has 0 saturated heterocycles. The van der Waals surface area contributed by atoms with Gasteiger partial charge in [-0.15, -0.1) is 0 Å². The zero-order valence-electron chi connectivity index (χ0n) is 15.7. The van der Waals surface area contributed by atoms with E-state index in [1.165, 1.54) is 18.1 Å². The number of ether oxygens (including phenoxy) is 3. The highest BCUT2D eigenvalue weighted by Crippen LogP contribution is 2.30. The number of methoxy groups -OCH3 is 2. The Balaban J connectivity index is 1.99. The van der Waals surface area contributed by atoms with E-state index in [2.05, 4.69) is 26.0 Å². The molecule has 28 heavy (non-hydrogen) atoms. The van der Waals surface area contributed by atoms with Crippen molar-refractivity contribution in [3.05, 3.63) is 52.0 Å². The van der Waals surface area contributed by atoms with Crippen molar-refractivity contribution in [2.75, 3.05) is 21.3 Å². The van der Waals surface area contributed by atoms with Crippen molar-refractivity contribution in [1.29, 1.82) is 0 Å². The minimum absolute atomic E-state index is 0.0601. The summed E-state index contributed by atoms with van der Waals surface area (Å²) in [6, 6.07) is 9.77. The molecule has 0 aliphatic rings. The van der Waals surface area contributed by atoms with Gasteiger partial charge in [-0.05, 0) is 35.9 Å². The molecule has 0 bridgehead atoms. The summed E-state index contributed by atoms with van der Waals surface area (Å²) in [6.07, 6.45) is 0. The predicted octanol–water partition coefficient (Wildman–Crippen LogP) is 4.41. The monoisotopic (exact) mass is 458 g/mol.